The number of benzene rings is 1. The molecule has 4 heteroatoms. The first kappa shape index (κ1) is 11.4. The van der Waals surface area contributed by atoms with Gasteiger partial charge in [-0.25, -0.2) is 0 Å². The van der Waals surface area contributed by atoms with Gasteiger partial charge in [0.15, 0.2) is 5.82 Å². The quantitative estimate of drug-likeness (QED) is 0.881. The van der Waals surface area contributed by atoms with Crippen LogP contribution in [0.1, 0.15) is 35.8 Å². The Bertz CT molecular complexity index is 556. The van der Waals surface area contributed by atoms with Gasteiger partial charge >= 0.3 is 0 Å². The van der Waals surface area contributed by atoms with Crippen molar-refractivity contribution in [3.63, 3.8) is 0 Å². The van der Waals surface area contributed by atoms with Crippen LogP contribution in [0.3, 0.4) is 0 Å². The second kappa shape index (κ2) is 4.53. The maximum Gasteiger partial charge on any atom is 0.258 e. The van der Waals surface area contributed by atoms with Gasteiger partial charge in [0.2, 0.25) is 0 Å². The fraction of sp³-hybridized carbons (Fsp3) is 0.429. The molecule has 1 aliphatic rings. The van der Waals surface area contributed by atoms with Crippen LogP contribution in [-0.4, -0.2) is 16.7 Å². The molecule has 0 aliphatic carbocycles. The Morgan fingerprint density at radius 3 is 3.00 bits per heavy atom. The molecule has 1 aromatic heterocycles. The Labute approximate surface area is 106 Å². The van der Waals surface area contributed by atoms with Gasteiger partial charge in [0.05, 0.1) is 6.04 Å². The van der Waals surface area contributed by atoms with Gasteiger partial charge in [0.1, 0.15) is 0 Å². The lowest BCUT2D eigenvalue weighted by molar-refractivity contribution is 0.412. The first-order valence-electron chi connectivity index (χ1n) is 6.38. The molecule has 3 rings (SSSR count). The zero-order chi connectivity index (χ0) is 12.5. The largest absolute Gasteiger partial charge is 0.334 e. The van der Waals surface area contributed by atoms with Crippen LogP contribution in [0.5, 0.6) is 0 Å². The third-order valence-electron chi connectivity index (χ3n) is 3.44. The highest BCUT2D eigenvalue weighted by Crippen LogP contribution is 2.26. The van der Waals surface area contributed by atoms with Crippen LogP contribution in [0.15, 0.2) is 22.7 Å². The van der Waals surface area contributed by atoms with E-state index in [1.54, 1.807) is 0 Å². The number of rotatable bonds is 2. The van der Waals surface area contributed by atoms with Crippen LogP contribution >= 0.6 is 0 Å². The molecule has 1 aromatic carbocycles. The van der Waals surface area contributed by atoms with Gasteiger partial charge in [-0.2, -0.15) is 4.98 Å². The first-order chi connectivity index (χ1) is 8.74. The van der Waals surface area contributed by atoms with Crippen molar-refractivity contribution in [1.29, 1.82) is 0 Å². The van der Waals surface area contributed by atoms with Crippen LogP contribution in [0.2, 0.25) is 0 Å². The number of aryl methyl sites for hydroxylation is 2. The Kier molecular flexibility index (Phi) is 2.88. The number of nitrogens with zero attached hydrogens (tertiary/aromatic N) is 2. The van der Waals surface area contributed by atoms with Gasteiger partial charge in [-0.3, -0.25) is 0 Å². The lowest BCUT2D eigenvalue weighted by Gasteiger charge is -2.03. The van der Waals surface area contributed by atoms with E-state index in [2.05, 4.69) is 47.5 Å². The van der Waals surface area contributed by atoms with Crippen LogP contribution in [0.4, 0.5) is 0 Å². The van der Waals surface area contributed by atoms with Gasteiger partial charge in [0, 0.05) is 5.56 Å². The summed E-state index contributed by atoms with van der Waals surface area (Å²) in [6.45, 7) is 5.17. The molecule has 1 fully saturated rings. The van der Waals surface area contributed by atoms with Gasteiger partial charge in [-0.05, 0) is 44.9 Å². The number of hydrogen-bond donors (Lipinski definition) is 1. The summed E-state index contributed by atoms with van der Waals surface area (Å²) in [4.78, 5) is 4.52. The Balaban J connectivity index is 1.94. The molecule has 0 amide bonds. The van der Waals surface area contributed by atoms with Crippen molar-refractivity contribution in [2.24, 2.45) is 0 Å². The smallest absolute Gasteiger partial charge is 0.258 e. The molecular formula is C14H17N3O. The molecule has 0 bridgehead atoms. The van der Waals surface area contributed by atoms with Crippen molar-refractivity contribution in [2.75, 3.05) is 6.54 Å². The second-order valence-electron chi connectivity index (χ2n) is 4.93. The monoisotopic (exact) mass is 243 g/mol. The maximum atomic E-state index is 5.40. The molecule has 1 N–H and O–H groups in total. The summed E-state index contributed by atoms with van der Waals surface area (Å²) in [5, 5.41) is 7.48. The highest BCUT2D eigenvalue weighted by atomic mass is 16.5. The van der Waals surface area contributed by atoms with E-state index < -0.39 is 0 Å². The lowest BCUT2D eigenvalue weighted by atomic mass is 10.1. The zero-order valence-corrected chi connectivity index (χ0v) is 10.7. The topological polar surface area (TPSA) is 51.0 Å². The van der Waals surface area contributed by atoms with Crippen molar-refractivity contribution >= 4 is 0 Å². The molecular weight excluding hydrogens is 226 g/mol. The van der Waals surface area contributed by atoms with Gasteiger partial charge in [-0.1, -0.05) is 22.9 Å². The molecule has 1 aliphatic heterocycles. The molecule has 4 nitrogen and oxygen atoms in total. The number of aromatic nitrogens is 2. The molecule has 2 heterocycles. The van der Waals surface area contributed by atoms with Crippen LogP contribution in [0, 0.1) is 13.8 Å². The average molecular weight is 243 g/mol. The van der Waals surface area contributed by atoms with E-state index >= 15 is 0 Å². The third kappa shape index (κ3) is 2.04. The summed E-state index contributed by atoms with van der Waals surface area (Å²) in [7, 11) is 0. The SMILES string of the molecule is Cc1ccc(C)c(-c2nc(C3CCCN3)no2)c1. The summed E-state index contributed by atoms with van der Waals surface area (Å²) in [6, 6.07) is 6.53. The first-order valence-corrected chi connectivity index (χ1v) is 6.38. The molecule has 0 saturated carbocycles. The molecule has 2 aromatic rings. The van der Waals surface area contributed by atoms with Crippen molar-refractivity contribution in [2.45, 2.75) is 32.7 Å². The summed E-state index contributed by atoms with van der Waals surface area (Å²) >= 11 is 0. The molecule has 1 atom stereocenters. The van der Waals surface area contributed by atoms with E-state index in [0.29, 0.717) is 5.89 Å². The molecule has 1 unspecified atom stereocenters. The molecule has 1 saturated heterocycles. The van der Waals surface area contributed by atoms with E-state index in [9.17, 15) is 0 Å². The summed E-state index contributed by atoms with van der Waals surface area (Å²) in [5.74, 6) is 1.41. The van der Waals surface area contributed by atoms with Gasteiger partial charge < -0.3 is 9.84 Å². The number of nitrogens with one attached hydrogen (secondary N) is 1. The Hall–Kier alpha value is -1.68. The Morgan fingerprint density at radius 2 is 2.22 bits per heavy atom. The van der Waals surface area contributed by atoms with E-state index in [1.165, 1.54) is 12.0 Å². The third-order valence-corrected chi connectivity index (χ3v) is 3.44. The summed E-state index contributed by atoms with van der Waals surface area (Å²) < 4.78 is 5.40. The fourth-order valence-electron chi connectivity index (χ4n) is 2.36. The zero-order valence-electron chi connectivity index (χ0n) is 10.7. The minimum absolute atomic E-state index is 0.257. The van der Waals surface area contributed by atoms with Crippen molar-refractivity contribution < 1.29 is 4.52 Å². The van der Waals surface area contributed by atoms with Crippen LogP contribution in [-0.2, 0) is 0 Å². The van der Waals surface area contributed by atoms with Crippen molar-refractivity contribution in [1.82, 2.24) is 15.5 Å². The lowest BCUT2D eigenvalue weighted by Crippen LogP contribution is -2.14. The maximum absolute atomic E-state index is 5.40. The normalized spacial score (nSPS) is 19.3. The van der Waals surface area contributed by atoms with Gasteiger partial charge in [-0.15, -0.1) is 0 Å². The summed E-state index contributed by atoms with van der Waals surface area (Å²) in [5.41, 5.74) is 3.40. The van der Waals surface area contributed by atoms with Crippen LogP contribution in [0.25, 0.3) is 11.5 Å². The standard InChI is InChI=1S/C14H17N3O/c1-9-5-6-10(2)11(8-9)14-16-13(17-18-14)12-4-3-7-15-12/h5-6,8,12,15H,3-4,7H2,1-2H3. The predicted molar refractivity (Wildman–Crippen MR) is 69.2 cm³/mol. The van der Waals surface area contributed by atoms with Crippen LogP contribution < -0.4 is 5.32 Å². The van der Waals surface area contributed by atoms with E-state index in [0.717, 1.165) is 29.9 Å². The van der Waals surface area contributed by atoms with E-state index in [-0.39, 0.29) is 6.04 Å². The molecule has 0 radical (unpaired) electrons. The highest BCUT2D eigenvalue weighted by molar-refractivity contribution is 5.59. The van der Waals surface area contributed by atoms with E-state index in [1.807, 2.05) is 0 Å². The summed E-state index contributed by atoms with van der Waals surface area (Å²) in [6.07, 6.45) is 2.27. The molecule has 0 spiro atoms. The molecule has 18 heavy (non-hydrogen) atoms. The minimum Gasteiger partial charge on any atom is -0.334 e. The minimum atomic E-state index is 0.257. The van der Waals surface area contributed by atoms with Crippen molar-refractivity contribution in [3.05, 3.63) is 35.2 Å². The predicted octanol–water partition coefficient (Wildman–Crippen LogP) is 2.78. The second-order valence-corrected chi connectivity index (χ2v) is 4.93. The van der Waals surface area contributed by atoms with E-state index in [4.69, 9.17) is 4.52 Å². The molecule has 94 valence electrons. The number of hydrogen-bond acceptors (Lipinski definition) is 4. The van der Waals surface area contributed by atoms with Crippen molar-refractivity contribution in [3.8, 4) is 11.5 Å². The highest BCUT2D eigenvalue weighted by Gasteiger charge is 2.22. The van der Waals surface area contributed by atoms with Gasteiger partial charge in [0.25, 0.3) is 5.89 Å². The average Bonchev–Trinajstić information content (AvgIpc) is 3.00. The fourth-order valence-corrected chi connectivity index (χ4v) is 2.36. The Morgan fingerprint density at radius 1 is 1.33 bits per heavy atom.